The second kappa shape index (κ2) is 6.92. The van der Waals surface area contributed by atoms with E-state index in [4.69, 9.17) is 9.47 Å². The molecule has 6 heteroatoms. The number of nitrogens with zero attached hydrogens (tertiary/aromatic N) is 2. The van der Waals surface area contributed by atoms with Crippen molar-refractivity contribution in [2.75, 3.05) is 13.7 Å². The van der Waals surface area contributed by atoms with Gasteiger partial charge in [-0.15, -0.1) is 0 Å². The summed E-state index contributed by atoms with van der Waals surface area (Å²) in [6, 6.07) is 17.5. The van der Waals surface area contributed by atoms with Crippen molar-refractivity contribution in [2.45, 2.75) is 12.5 Å². The van der Waals surface area contributed by atoms with E-state index in [-0.39, 0.29) is 17.7 Å². The van der Waals surface area contributed by atoms with Gasteiger partial charge in [-0.1, -0.05) is 36.4 Å². The number of hydrogen-bond donors (Lipinski definition) is 1. The Balaban J connectivity index is 1.44. The molecule has 26 heavy (non-hydrogen) atoms. The molecule has 1 N–H and O–H groups in total. The number of nitrogens with one attached hydrogen (secondary N) is 1. The largest absolute Gasteiger partial charge is 0.493 e. The van der Waals surface area contributed by atoms with Crippen LogP contribution in [0.15, 0.2) is 60.8 Å². The fourth-order valence-corrected chi connectivity index (χ4v) is 3.04. The van der Waals surface area contributed by atoms with Gasteiger partial charge in [0, 0.05) is 6.42 Å². The zero-order valence-electron chi connectivity index (χ0n) is 14.4. The Morgan fingerprint density at radius 2 is 2.00 bits per heavy atom. The summed E-state index contributed by atoms with van der Waals surface area (Å²) in [5.41, 5.74) is 2.28. The monoisotopic (exact) mass is 349 g/mol. The van der Waals surface area contributed by atoms with E-state index >= 15 is 0 Å². The van der Waals surface area contributed by atoms with Gasteiger partial charge in [-0.2, -0.15) is 5.10 Å². The number of ether oxygens (including phenoxy) is 2. The highest BCUT2D eigenvalue weighted by Gasteiger charge is 2.24. The minimum Gasteiger partial charge on any atom is -0.493 e. The van der Waals surface area contributed by atoms with Crippen LogP contribution in [0.25, 0.3) is 5.69 Å². The molecule has 1 aromatic heterocycles. The molecule has 132 valence electrons. The normalized spacial score (nSPS) is 15.2. The summed E-state index contributed by atoms with van der Waals surface area (Å²) in [7, 11) is 1.53. The predicted molar refractivity (Wildman–Crippen MR) is 97.0 cm³/mol. The first-order valence-corrected chi connectivity index (χ1v) is 8.46. The van der Waals surface area contributed by atoms with Crippen LogP contribution >= 0.6 is 0 Å². The minimum atomic E-state index is -0.281. The van der Waals surface area contributed by atoms with Crippen molar-refractivity contribution < 1.29 is 14.3 Å². The van der Waals surface area contributed by atoms with Gasteiger partial charge in [0.05, 0.1) is 25.5 Å². The summed E-state index contributed by atoms with van der Waals surface area (Å²) in [5, 5.41) is 7.27. The lowest BCUT2D eigenvalue weighted by Gasteiger charge is -2.11. The van der Waals surface area contributed by atoms with Crippen molar-refractivity contribution in [1.82, 2.24) is 15.1 Å². The second-order valence-corrected chi connectivity index (χ2v) is 6.09. The van der Waals surface area contributed by atoms with Crippen LogP contribution in [-0.4, -0.2) is 35.4 Å². The van der Waals surface area contributed by atoms with Gasteiger partial charge in [0.25, 0.3) is 5.91 Å². The molecule has 2 heterocycles. The number of methoxy groups -OCH3 is 1. The van der Waals surface area contributed by atoms with Crippen molar-refractivity contribution in [3.05, 3.63) is 72.1 Å². The topological polar surface area (TPSA) is 65.4 Å². The summed E-state index contributed by atoms with van der Waals surface area (Å²) < 4.78 is 12.8. The lowest BCUT2D eigenvalue weighted by molar-refractivity contribution is 0.0925. The number of benzene rings is 2. The third kappa shape index (κ3) is 3.13. The van der Waals surface area contributed by atoms with Crippen LogP contribution in [0, 0.1) is 0 Å². The predicted octanol–water partition coefficient (Wildman–Crippen LogP) is 2.61. The van der Waals surface area contributed by atoms with Crippen LogP contribution in [0.4, 0.5) is 0 Å². The van der Waals surface area contributed by atoms with E-state index in [1.807, 2.05) is 54.6 Å². The highest BCUT2D eigenvalue weighted by molar-refractivity contribution is 5.95. The van der Waals surface area contributed by atoms with Crippen molar-refractivity contribution in [1.29, 1.82) is 0 Å². The molecule has 1 atom stereocenters. The van der Waals surface area contributed by atoms with E-state index < -0.39 is 0 Å². The van der Waals surface area contributed by atoms with Gasteiger partial charge in [-0.05, 0) is 23.8 Å². The SMILES string of the molecule is COc1cn(-c2ccccc2)nc1C(=O)NC[C@@H]1Cc2ccccc2O1. The molecule has 1 amide bonds. The molecule has 2 aromatic carbocycles. The van der Waals surface area contributed by atoms with Crippen molar-refractivity contribution in [3.63, 3.8) is 0 Å². The molecule has 0 saturated carbocycles. The first-order chi connectivity index (χ1) is 12.7. The van der Waals surface area contributed by atoms with E-state index in [1.165, 1.54) is 7.11 Å². The van der Waals surface area contributed by atoms with Crippen molar-refractivity contribution in [3.8, 4) is 17.2 Å². The molecule has 0 unspecified atom stereocenters. The van der Waals surface area contributed by atoms with Crippen LogP contribution in [0.2, 0.25) is 0 Å². The lowest BCUT2D eigenvalue weighted by atomic mass is 10.1. The molecule has 0 bridgehead atoms. The molecule has 0 spiro atoms. The molecule has 3 aromatic rings. The second-order valence-electron chi connectivity index (χ2n) is 6.09. The number of carbonyl (C=O) groups is 1. The van der Waals surface area contributed by atoms with Crippen LogP contribution in [-0.2, 0) is 6.42 Å². The van der Waals surface area contributed by atoms with Gasteiger partial charge in [-0.3, -0.25) is 4.79 Å². The Morgan fingerprint density at radius 1 is 1.23 bits per heavy atom. The van der Waals surface area contributed by atoms with Gasteiger partial charge in [-0.25, -0.2) is 4.68 Å². The summed E-state index contributed by atoms with van der Waals surface area (Å²) in [5.74, 6) is 1.04. The van der Waals surface area contributed by atoms with Crippen LogP contribution in [0.1, 0.15) is 16.1 Å². The molecule has 0 saturated heterocycles. The average molecular weight is 349 g/mol. The van der Waals surface area contributed by atoms with Crippen LogP contribution < -0.4 is 14.8 Å². The Morgan fingerprint density at radius 3 is 2.77 bits per heavy atom. The van der Waals surface area contributed by atoms with Gasteiger partial charge in [0.2, 0.25) is 0 Å². The zero-order chi connectivity index (χ0) is 17.9. The molecule has 4 rings (SSSR count). The molecule has 0 fully saturated rings. The lowest BCUT2D eigenvalue weighted by Crippen LogP contribution is -2.34. The summed E-state index contributed by atoms with van der Waals surface area (Å²) in [4.78, 5) is 12.6. The maximum Gasteiger partial charge on any atom is 0.275 e. The van der Waals surface area contributed by atoms with E-state index in [2.05, 4.69) is 10.4 Å². The quantitative estimate of drug-likeness (QED) is 0.769. The first kappa shape index (κ1) is 16.2. The Labute approximate surface area is 151 Å². The smallest absolute Gasteiger partial charge is 0.275 e. The third-order valence-corrected chi connectivity index (χ3v) is 4.34. The molecule has 1 aliphatic rings. The number of para-hydroxylation sites is 2. The highest BCUT2D eigenvalue weighted by Crippen LogP contribution is 2.28. The summed E-state index contributed by atoms with van der Waals surface area (Å²) >= 11 is 0. The maximum atomic E-state index is 12.6. The molecular weight excluding hydrogens is 330 g/mol. The van der Waals surface area contributed by atoms with Crippen molar-refractivity contribution >= 4 is 5.91 Å². The van der Waals surface area contributed by atoms with Crippen LogP contribution in [0.5, 0.6) is 11.5 Å². The van der Waals surface area contributed by atoms with Crippen LogP contribution in [0.3, 0.4) is 0 Å². The van der Waals surface area contributed by atoms with Crippen molar-refractivity contribution in [2.24, 2.45) is 0 Å². The van der Waals surface area contributed by atoms with E-state index in [0.717, 1.165) is 23.4 Å². The number of amides is 1. The molecule has 1 aliphatic heterocycles. The molecule has 0 radical (unpaired) electrons. The zero-order valence-corrected chi connectivity index (χ0v) is 14.4. The van der Waals surface area contributed by atoms with Gasteiger partial charge in [0.15, 0.2) is 11.4 Å². The molecular formula is C20H19N3O3. The van der Waals surface area contributed by atoms with E-state index in [0.29, 0.717) is 12.3 Å². The van der Waals surface area contributed by atoms with Gasteiger partial charge in [0.1, 0.15) is 11.9 Å². The van der Waals surface area contributed by atoms with E-state index in [9.17, 15) is 4.79 Å². The minimum absolute atomic E-state index is 0.0708. The summed E-state index contributed by atoms with van der Waals surface area (Å²) in [6.45, 7) is 0.412. The molecule has 6 nitrogen and oxygen atoms in total. The Bertz CT molecular complexity index is 896. The van der Waals surface area contributed by atoms with Gasteiger partial charge < -0.3 is 14.8 Å². The Hall–Kier alpha value is -3.28. The third-order valence-electron chi connectivity index (χ3n) is 4.34. The number of rotatable bonds is 5. The number of fused-ring (bicyclic) bond motifs is 1. The fraction of sp³-hybridized carbons (Fsp3) is 0.200. The number of hydrogen-bond acceptors (Lipinski definition) is 4. The van der Waals surface area contributed by atoms with E-state index in [1.54, 1.807) is 10.9 Å². The summed E-state index contributed by atoms with van der Waals surface area (Å²) in [6.07, 6.45) is 2.41. The number of aromatic nitrogens is 2. The molecule has 0 aliphatic carbocycles. The highest BCUT2D eigenvalue weighted by atomic mass is 16.5. The van der Waals surface area contributed by atoms with Gasteiger partial charge >= 0.3 is 0 Å². The standard InChI is InChI=1S/C20H19N3O3/c1-25-18-13-23(15-8-3-2-4-9-15)22-19(18)20(24)21-12-16-11-14-7-5-6-10-17(14)26-16/h2-10,13,16H,11-12H2,1H3,(H,21,24)/t16-/m0/s1. The average Bonchev–Trinajstić information content (AvgIpc) is 3.30. The number of carbonyl (C=O) groups excluding carboxylic acids is 1. The first-order valence-electron chi connectivity index (χ1n) is 8.46. The fourth-order valence-electron chi connectivity index (χ4n) is 3.04. The maximum absolute atomic E-state index is 12.6. The Kier molecular flexibility index (Phi) is 4.31.